The first-order valence-electron chi connectivity index (χ1n) is 8.65. The van der Waals surface area contributed by atoms with Gasteiger partial charge in [0, 0.05) is 13.1 Å². The molecule has 3 rings (SSSR count). The van der Waals surface area contributed by atoms with E-state index in [1.54, 1.807) is 19.1 Å². The van der Waals surface area contributed by atoms with E-state index in [-0.39, 0.29) is 21.3 Å². The summed E-state index contributed by atoms with van der Waals surface area (Å²) in [5.74, 6) is -0.851. The summed E-state index contributed by atoms with van der Waals surface area (Å²) in [6, 6.07) is 9.53. The lowest BCUT2D eigenvalue weighted by molar-refractivity contribution is 0.0940. The quantitative estimate of drug-likeness (QED) is 0.816. The number of sulfonamides is 1. The van der Waals surface area contributed by atoms with Crippen molar-refractivity contribution in [1.82, 2.24) is 9.62 Å². The summed E-state index contributed by atoms with van der Waals surface area (Å²) >= 11 is 6.13. The van der Waals surface area contributed by atoms with Gasteiger partial charge in [0.15, 0.2) is 0 Å². The first-order chi connectivity index (χ1) is 12.8. The molecule has 1 N–H and O–H groups in total. The Balaban J connectivity index is 1.83. The van der Waals surface area contributed by atoms with Gasteiger partial charge in [0.05, 0.1) is 21.5 Å². The third-order valence-corrected chi connectivity index (χ3v) is 6.83. The minimum absolute atomic E-state index is 0.0494. The molecule has 0 aromatic heterocycles. The molecule has 1 aliphatic heterocycles. The largest absolute Gasteiger partial charge is 0.345 e. The van der Waals surface area contributed by atoms with Crippen LogP contribution in [0.1, 0.15) is 41.7 Å². The van der Waals surface area contributed by atoms with Gasteiger partial charge in [-0.05, 0) is 55.7 Å². The van der Waals surface area contributed by atoms with Crippen LogP contribution in [0.25, 0.3) is 0 Å². The summed E-state index contributed by atoms with van der Waals surface area (Å²) in [5.41, 5.74) is 0.813. The van der Waals surface area contributed by atoms with Crippen molar-refractivity contribution in [3.63, 3.8) is 0 Å². The normalized spacial score (nSPS) is 16.3. The number of nitrogens with one attached hydrogen (secondary N) is 1. The Morgan fingerprint density at radius 1 is 1.15 bits per heavy atom. The Labute approximate surface area is 163 Å². The predicted octanol–water partition coefficient (Wildman–Crippen LogP) is 3.75. The van der Waals surface area contributed by atoms with E-state index >= 15 is 0 Å². The van der Waals surface area contributed by atoms with E-state index in [1.807, 2.05) is 0 Å². The summed E-state index contributed by atoms with van der Waals surface area (Å²) in [6.07, 6.45) is 1.66. The molecule has 2 aromatic rings. The standard InChI is InChI=1S/C19H20ClFN2O3S/c1-13(14-4-6-15(21)7-5-14)22-19(24)17-12-16(8-9-18(17)20)27(25,26)23-10-2-3-11-23/h4-9,12-13H,2-3,10-11H2,1H3,(H,22,24)/t13-/m0/s1. The van der Waals surface area contributed by atoms with Crippen molar-refractivity contribution >= 4 is 27.5 Å². The Morgan fingerprint density at radius 2 is 1.78 bits per heavy atom. The van der Waals surface area contributed by atoms with Crippen LogP contribution in [0.15, 0.2) is 47.4 Å². The highest BCUT2D eigenvalue weighted by molar-refractivity contribution is 7.89. The Hall–Kier alpha value is -1.96. The highest BCUT2D eigenvalue weighted by atomic mass is 35.5. The van der Waals surface area contributed by atoms with Gasteiger partial charge in [0.2, 0.25) is 10.0 Å². The van der Waals surface area contributed by atoms with Crippen molar-refractivity contribution in [1.29, 1.82) is 0 Å². The van der Waals surface area contributed by atoms with Gasteiger partial charge in [-0.1, -0.05) is 23.7 Å². The number of rotatable bonds is 5. The first kappa shape index (κ1) is 19.8. The molecule has 8 heteroatoms. The van der Waals surface area contributed by atoms with E-state index in [0.717, 1.165) is 18.4 Å². The van der Waals surface area contributed by atoms with Gasteiger partial charge < -0.3 is 5.32 Å². The van der Waals surface area contributed by atoms with Crippen molar-refractivity contribution < 1.29 is 17.6 Å². The summed E-state index contributed by atoms with van der Waals surface area (Å²) in [4.78, 5) is 12.7. The number of nitrogens with zero attached hydrogens (tertiary/aromatic N) is 1. The average molecular weight is 411 g/mol. The van der Waals surface area contributed by atoms with Crippen LogP contribution in [-0.4, -0.2) is 31.7 Å². The molecule has 27 heavy (non-hydrogen) atoms. The highest BCUT2D eigenvalue weighted by Crippen LogP contribution is 2.26. The predicted molar refractivity (Wildman–Crippen MR) is 102 cm³/mol. The van der Waals surface area contributed by atoms with Crippen LogP contribution in [0.4, 0.5) is 4.39 Å². The second-order valence-electron chi connectivity index (χ2n) is 6.50. The molecule has 0 unspecified atom stereocenters. The van der Waals surface area contributed by atoms with Crippen molar-refractivity contribution in [3.05, 3.63) is 64.4 Å². The summed E-state index contributed by atoms with van der Waals surface area (Å²) < 4.78 is 39.9. The SMILES string of the molecule is C[C@H](NC(=O)c1cc(S(=O)(=O)N2CCCC2)ccc1Cl)c1ccc(F)cc1. The lowest BCUT2D eigenvalue weighted by atomic mass is 10.1. The van der Waals surface area contributed by atoms with Crippen LogP contribution in [0, 0.1) is 5.82 Å². The molecule has 1 heterocycles. The molecule has 0 bridgehead atoms. The molecule has 0 radical (unpaired) electrons. The Bertz CT molecular complexity index is 942. The molecule has 0 aliphatic carbocycles. The number of carbonyl (C=O) groups excluding carboxylic acids is 1. The van der Waals surface area contributed by atoms with Crippen molar-refractivity contribution in [2.45, 2.75) is 30.7 Å². The van der Waals surface area contributed by atoms with Crippen LogP contribution in [0.2, 0.25) is 5.02 Å². The van der Waals surface area contributed by atoms with Crippen LogP contribution in [0.5, 0.6) is 0 Å². The van der Waals surface area contributed by atoms with Gasteiger partial charge in [-0.25, -0.2) is 12.8 Å². The second-order valence-corrected chi connectivity index (χ2v) is 8.84. The number of hydrogen-bond donors (Lipinski definition) is 1. The van der Waals surface area contributed by atoms with Crippen LogP contribution in [-0.2, 0) is 10.0 Å². The van der Waals surface area contributed by atoms with Crippen molar-refractivity contribution in [2.24, 2.45) is 0 Å². The van der Waals surface area contributed by atoms with Crippen molar-refractivity contribution in [2.75, 3.05) is 13.1 Å². The first-order valence-corrected chi connectivity index (χ1v) is 10.5. The third kappa shape index (κ3) is 4.31. The molecular formula is C19H20ClFN2O3S. The molecule has 1 saturated heterocycles. The van der Waals surface area contributed by atoms with Crippen LogP contribution in [0.3, 0.4) is 0 Å². The zero-order chi connectivity index (χ0) is 19.6. The average Bonchev–Trinajstić information content (AvgIpc) is 3.18. The van der Waals surface area contributed by atoms with Gasteiger partial charge in [0.25, 0.3) is 5.91 Å². The Kier molecular flexibility index (Phi) is 5.83. The molecule has 1 aliphatic rings. The van der Waals surface area contributed by atoms with Gasteiger partial charge >= 0.3 is 0 Å². The van der Waals surface area contributed by atoms with Crippen molar-refractivity contribution in [3.8, 4) is 0 Å². The smallest absolute Gasteiger partial charge is 0.253 e. The number of halogens is 2. The van der Waals surface area contributed by atoms with E-state index in [2.05, 4.69) is 5.32 Å². The summed E-state index contributed by atoms with van der Waals surface area (Å²) in [6.45, 7) is 2.71. The molecular weight excluding hydrogens is 391 g/mol. The number of hydrogen-bond acceptors (Lipinski definition) is 3. The summed E-state index contributed by atoms with van der Waals surface area (Å²) in [7, 11) is -3.64. The maximum absolute atomic E-state index is 13.0. The van der Waals surface area contributed by atoms with Crippen LogP contribution >= 0.6 is 11.6 Å². The second kappa shape index (κ2) is 7.96. The number of carbonyl (C=O) groups is 1. The zero-order valence-corrected chi connectivity index (χ0v) is 16.4. The minimum atomic E-state index is -3.64. The molecule has 1 atom stereocenters. The Morgan fingerprint density at radius 3 is 2.41 bits per heavy atom. The maximum atomic E-state index is 13.0. The molecule has 0 saturated carbocycles. The van der Waals surface area contributed by atoms with E-state index in [0.29, 0.717) is 13.1 Å². The summed E-state index contributed by atoms with van der Waals surface area (Å²) in [5, 5.41) is 2.93. The molecule has 0 spiro atoms. The van der Waals surface area contributed by atoms with Gasteiger partial charge in [-0.3, -0.25) is 4.79 Å². The number of benzene rings is 2. The van der Waals surface area contributed by atoms with Crippen LogP contribution < -0.4 is 5.32 Å². The van der Waals surface area contributed by atoms with E-state index in [4.69, 9.17) is 11.6 Å². The van der Waals surface area contributed by atoms with E-state index < -0.39 is 22.0 Å². The molecule has 2 aromatic carbocycles. The lowest BCUT2D eigenvalue weighted by Gasteiger charge is -2.18. The lowest BCUT2D eigenvalue weighted by Crippen LogP contribution is -2.29. The molecule has 1 fully saturated rings. The molecule has 144 valence electrons. The zero-order valence-electron chi connectivity index (χ0n) is 14.8. The molecule has 1 amide bonds. The van der Waals surface area contributed by atoms with Gasteiger partial charge in [0.1, 0.15) is 5.82 Å². The third-order valence-electron chi connectivity index (χ3n) is 4.60. The monoisotopic (exact) mass is 410 g/mol. The highest BCUT2D eigenvalue weighted by Gasteiger charge is 2.28. The topological polar surface area (TPSA) is 66.5 Å². The van der Waals surface area contributed by atoms with E-state index in [1.165, 1.54) is 34.6 Å². The fourth-order valence-corrected chi connectivity index (χ4v) is 4.77. The number of amides is 1. The van der Waals surface area contributed by atoms with Gasteiger partial charge in [-0.15, -0.1) is 0 Å². The molecule has 5 nitrogen and oxygen atoms in total. The van der Waals surface area contributed by atoms with Gasteiger partial charge in [-0.2, -0.15) is 4.31 Å². The fraction of sp³-hybridized carbons (Fsp3) is 0.316. The minimum Gasteiger partial charge on any atom is -0.345 e. The fourth-order valence-electron chi connectivity index (χ4n) is 3.03. The maximum Gasteiger partial charge on any atom is 0.253 e. The van der Waals surface area contributed by atoms with E-state index in [9.17, 15) is 17.6 Å².